The van der Waals surface area contributed by atoms with E-state index in [1.165, 1.54) is 0 Å². The molecule has 1 aliphatic heterocycles. The fourth-order valence-corrected chi connectivity index (χ4v) is 3.91. The van der Waals surface area contributed by atoms with Crippen LogP contribution < -0.4 is 14.8 Å². The molecule has 2 aliphatic rings. The van der Waals surface area contributed by atoms with Crippen molar-refractivity contribution in [1.82, 2.24) is 4.58 Å². The van der Waals surface area contributed by atoms with Crippen molar-refractivity contribution < 1.29 is 27.5 Å². The van der Waals surface area contributed by atoms with E-state index in [-0.39, 0.29) is 27.9 Å². The van der Waals surface area contributed by atoms with Crippen LogP contribution >= 0.6 is 0 Å². The molecule has 1 heterocycles. The lowest BCUT2D eigenvalue weighted by Gasteiger charge is -2.20. The Morgan fingerprint density at radius 1 is 1.06 bits per heavy atom. The van der Waals surface area contributed by atoms with E-state index >= 15 is 4.39 Å². The number of rotatable bonds is 4. The van der Waals surface area contributed by atoms with Crippen LogP contribution in [-0.4, -0.2) is 39.3 Å². The summed E-state index contributed by atoms with van der Waals surface area (Å²) in [7, 11) is 7.21. The monoisotopic (exact) mass is 482 g/mol. The summed E-state index contributed by atoms with van der Waals surface area (Å²) in [5.74, 6) is -6.87. The highest BCUT2D eigenvalue weighted by atomic mass is 19.2. The Labute approximate surface area is 196 Å². The predicted octanol–water partition coefficient (Wildman–Crippen LogP) is 5.36. The van der Waals surface area contributed by atoms with E-state index in [4.69, 9.17) is 9.95 Å². The minimum Gasteiger partial charge on any atom is -0.478 e. The third kappa shape index (κ3) is 3.81. The summed E-state index contributed by atoms with van der Waals surface area (Å²) in [6, 6.07) is 9.84. The van der Waals surface area contributed by atoms with Gasteiger partial charge in [-0.3, -0.25) is 0 Å². The quantitative estimate of drug-likeness (QED) is 0.106. The van der Waals surface area contributed by atoms with Crippen molar-refractivity contribution in [1.29, 1.82) is 0 Å². The first-order valence-electron chi connectivity index (χ1n) is 10.2. The highest BCUT2D eigenvalue weighted by Crippen LogP contribution is 2.46. The van der Waals surface area contributed by atoms with Crippen LogP contribution in [0.15, 0.2) is 45.9 Å². The molecular weight excluding hydrogens is 463 g/mol. The van der Waals surface area contributed by atoms with E-state index in [1.54, 1.807) is 74.1 Å². The van der Waals surface area contributed by atoms with Gasteiger partial charge in [0, 0.05) is 58.9 Å². The molecule has 0 amide bonds. The molecule has 0 atom stereocenters. The van der Waals surface area contributed by atoms with Gasteiger partial charge >= 0.3 is 5.97 Å². The van der Waals surface area contributed by atoms with Gasteiger partial charge in [0.15, 0.2) is 11.6 Å². The molecule has 1 N–H and O–H groups in total. The number of nitrogens with zero attached hydrogens (tertiary/aromatic N) is 5. The second kappa shape index (κ2) is 8.69. The van der Waals surface area contributed by atoms with Gasteiger partial charge < -0.3 is 14.4 Å². The zero-order chi connectivity index (χ0) is 25.6. The predicted molar refractivity (Wildman–Crippen MR) is 125 cm³/mol. The molecule has 0 radical (unpaired) electrons. The molecule has 0 saturated heterocycles. The first-order chi connectivity index (χ1) is 16.6. The normalized spacial score (nSPS) is 10.9. The van der Waals surface area contributed by atoms with Gasteiger partial charge in [0.2, 0.25) is 5.36 Å². The zero-order valence-electron chi connectivity index (χ0n) is 19.1. The number of hydrogen-bond donors (Lipinski definition) is 1. The molecule has 178 valence electrons. The fraction of sp³-hybridized carbons (Fsp3) is 0.167. The van der Waals surface area contributed by atoms with E-state index in [1.807, 2.05) is 0 Å². The molecule has 0 saturated carbocycles. The average Bonchev–Trinajstić information content (AvgIpc) is 2.81. The van der Waals surface area contributed by atoms with Gasteiger partial charge in [0.25, 0.3) is 0 Å². The molecule has 2 aromatic rings. The molecule has 0 fully saturated rings. The molecule has 4 rings (SSSR count). The summed E-state index contributed by atoms with van der Waals surface area (Å²) in [4.78, 5) is 16.2. The van der Waals surface area contributed by atoms with E-state index in [9.17, 15) is 18.7 Å². The van der Waals surface area contributed by atoms with Crippen LogP contribution in [-0.2, 0) is 0 Å². The minimum atomic E-state index is -1.89. The molecule has 8 nitrogen and oxygen atoms in total. The van der Waals surface area contributed by atoms with Gasteiger partial charge in [-0.25, -0.2) is 22.5 Å². The number of azide groups is 1. The third-order valence-corrected chi connectivity index (χ3v) is 5.63. The Balaban J connectivity index is 2.32. The van der Waals surface area contributed by atoms with Crippen molar-refractivity contribution in [3.8, 4) is 22.5 Å². The smallest absolute Gasteiger partial charge is 0.339 e. The molecule has 1 aliphatic carbocycles. The van der Waals surface area contributed by atoms with Gasteiger partial charge in [0.1, 0.15) is 42.5 Å². The van der Waals surface area contributed by atoms with Crippen LogP contribution in [0.2, 0.25) is 0 Å². The molecule has 11 heteroatoms. The molecule has 0 unspecified atom stereocenters. The van der Waals surface area contributed by atoms with Crippen molar-refractivity contribution >= 4 is 28.3 Å². The van der Waals surface area contributed by atoms with E-state index in [0.29, 0.717) is 0 Å². The van der Waals surface area contributed by atoms with Gasteiger partial charge in [-0.15, -0.1) is 0 Å². The number of carboxylic acid groups (broad SMARTS) is 1. The number of anilines is 1. The molecule has 35 heavy (non-hydrogen) atoms. The number of fused-ring (bicyclic) bond motifs is 2. The molecule has 0 aromatic heterocycles. The number of benzene rings is 3. The van der Waals surface area contributed by atoms with Crippen molar-refractivity contribution in [3.05, 3.63) is 75.2 Å². The second-order valence-corrected chi connectivity index (χ2v) is 8.16. The summed E-state index contributed by atoms with van der Waals surface area (Å²) in [6.45, 7) is 0. The third-order valence-electron chi connectivity index (χ3n) is 5.63. The zero-order valence-corrected chi connectivity index (χ0v) is 19.1. The Morgan fingerprint density at radius 3 is 2.37 bits per heavy atom. The second-order valence-electron chi connectivity index (χ2n) is 8.16. The lowest BCUT2D eigenvalue weighted by atomic mass is 9.89. The Hall–Kier alpha value is -4.50. The Morgan fingerprint density at radius 2 is 1.77 bits per heavy atom. The van der Waals surface area contributed by atoms with Crippen molar-refractivity contribution in [3.63, 3.8) is 0 Å². The summed E-state index contributed by atoms with van der Waals surface area (Å²) < 4.78 is 53.1. The van der Waals surface area contributed by atoms with Crippen molar-refractivity contribution in [2.75, 3.05) is 33.1 Å². The van der Waals surface area contributed by atoms with Gasteiger partial charge in [0.05, 0.1) is 6.07 Å². The number of aromatic carboxylic acids is 1. The van der Waals surface area contributed by atoms with Crippen molar-refractivity contribution in [2.45, 2.75) is 0 Å². The number of halogens is 3. The van der Waals surface area contributed by atoms with Crippen LogP contribution in [0, 0.1) is 17.5 Å². The summed E-state index contributed by atoms with van der Waals surface area (Å²) in [6.07, 6.45) is 0. The number of carbonyl (C=O) groups is 1. The van der Waals surface area contributed by atoms with Crippen LogP contribution in [0.25, 0.3) is 43.9 Å². The van der Waals surface area contributed by atoms with Gasteiger partial charge in [-0.2, -0.15) is 0 Å². The first-order valence-corrected chi connectivity index (χ1v) is 10.2. The average molecular weight is 482 g/mol. The maximum absolute atomic E-state index is 15.7. The topological polar surface area (TPSA) is 105 Å². The van der Waals surface area contributed by atoms with Gasteiger partial charge in [-0.05, 0) is 23.7 Å². The van der Waals surface area contributed by atoms with E-state index in [0.717, 1.165) is 11.0 Å². The Bertz CT molecular complexity index is 1620. The minimum absolute atomic E-state index is 0.0416. The van der Waals surface area contributed by atoms with Crippen LogP contribution in [0.4, 0.5) is 24.5 Å². The first kappa shape index (κ1) is 23.7. The highest BCUT2D eigenvalue weighted by molar-refractivity contribution is 6.08. The van der Waals surface area contributed by atoms with E-state index in [2.05, 4.69) is 10.0 Å². The van der Waals surface area contributed by atoms with Crippen LogP contribution in [0.3, 0.4) is 0 Å². The molecule has 0 spiro atoms. The largest absolute Gasteiger partial charge is 0.478 e. The maximum atomic E-state index is 15.7. The van der Waals surface area contributed by atoms with Crippen LogP contribution in [0.5, 0.6) is 0 Å². The maximum Gasteiger partial charge on any atom is 0.339 e. The molecule has 0 bridgehead atoms. The summed E-state index contributed by atoms with van der Waals surface area (Å²) >= 11 is 0. The lowest BCUT2D eigenvalue weighted by Crippen LogP contribution is -2.21. The fourth-order valence-electron chi connectivity index (χ4n) is 3.91. The van der Waals surface area contributed by atoms with Crippen molar-refractivity contribution in [2.24, 2.45) is 5.11 Å². The molecule has 2 aromatic carbocycles. The Kier molecular flexibility index (Phi) is 5.87. The summed E-state index contributed by atoms with van der Waals surface area (Å²) in [5, 5.41) is 13.7. The SMILES string of the molecule is CN(C)c1ccc2c(-c3c(F)c(N=[N+]=[N-])c(F)c(F)c3C(=O)O)c3ccc(=[N+](C)C)cc-3oc2c1. The lowest BCUT2D eigenvalue weighted by molar-refractivity contribution is 0.0691. The number of hydrogen-bond acceptors (Lipinski definition) is 4. The number of carboxylic acids is 1. The van der Waals surface area contributed by atoms with Crippen LogP contribution in [0.1, 0.15) is 10.4 Å². The van der Waals surface area contributed by atoms with Gasteiger partial charge in [-0.1, -0.05) is 5.11 Å². The standard InChI is InChI=1S/C24H18F3N5O3/c1-31(2)11-5-7-13-15(9-11)35-16-10-12(32(3)4)6-8-14(16)17(13)18-19(24(33)34)20(25)22(27)23(21(18)26)29-30-28/h5-10H,1-4H3/p+1. The molecular formula is C24H19F3N5O3+. The highest BCUT2D eigenvalue weighted by Gasteiger charge is 2.32. The summed E-state index contributed by atoms with van der Waals surface area (Å²) in [5.41, 5.74) is 6.72. The van der Waals surface area contributed by atoms with E-state index < -0.39 is 40.2 Å².